The van der Waals surface area contributed by atoms with Crippen LogP contribution in [0, 0.1) is 0 Å². The molecule has 0 saturated carbocycles. The van der Waals surface area contributed by atoms with Crippen LogP contribution in [0.5, 0.6) is 0 Å². The monoisotopic (exact) mass is 668 g/mol. The van der Waals surface area contributed by atoms with E-state index in [0.717, 1.165) is 39.2 Å². The molecule has 0 aliphatic heterocycles. The van der Waals surface area contributed by atoms with Gasteiger partial charge in [-0.2, -0.15) is 0 Å². The second-order valence-corrected chi connectivity index (χ2v) is 14.1. The van der Waals surface area contributed by atoms with Gasteiger partial charge >= 0.3 is 0 Å². The molecule has 0 spiro atoms. The minimum Gasteiger partial charge on any atom is -0.308 e. The van der Waals surface area contributed by atoms with E-state index in [-0.39, 0.29) is 0 Å². The maximum absolute atomic E-state index is 5.01. The summed E-state index contributed by atoms with van der Waals surface area (Å²) in [6, 6.07) is 54.3. The topological polar surface area (TPSA) is 35.6 Å². The molecule has 0 aliphatic carbocycles. The Hall–Kier alpha value is -6.56. The molecule has 238 valence electrons. The van der Waals surface area contributed by atoms with Crippen LogP contribution in [0.4, 0.5) is 0 Å². The van der Waals surface area contributed by atoms with Crippen LogP contribution in [0.1, 0.15) is 0 Å². The van der Waals surface area contributed by atoms with E-state index in [1.807, 2.05) is 36.0 Å². The molecule has 0 aliphatic rings. The zero-order valence-corrected chi connectivity index (χ0v) is 28.2. The third-order valence-corrected chi connectivity index (χ3v) is 11.4. The van der Waals surface area contributed by atoms with E-state index in [0.29, 0.717) is 0 Å². The molecule has 4 nitrogen and oxygen atoms in total. The molecule has 5 heteroatoms. The van der Waals surface area contributed by atoms with Crippen LogP contribution >= 0.6 is 11.3 Å². The SMILES string of the molecule is c1ccc(-c2ccc(-n3c4ccccc4c4cc5c(cc43)sc3c5ccc4c3c3ccccc3n4-c3cncc(-c4ccccc4)c3)nc2)cc1. The maximum Gasteiger partial charge on any atom is 0.137 e. The summed E-state index contributed by atoms with van der Waals surface area (Å²) in [5.74, 6) is 0.915. The van der Waals surface area contributed by atoms with Crippen molar-refractivity contribution < 1.29 is 0 Å². The summed E-state index contributed by atoms with van der Waals surface area (Å²) in [6.07, 6.45) is 5.91. The van der Waals surface area contributed by atoms with E-state index in [2.05, 4.69) is 155 Å². The Kier molecular flexibility index (Phi) is 6.09. The largest absolute Gasteiger partial charge is 0.308 e. The van der Waals surface area contributed by atoms with Crippen molar-refractivity contribution in [1.29, 1.82) is 0 Å². The van der Waals surface area contributed by atoms with Gasteiger partial charge in [0.25, 0.3) is 0 Å². The summed E-state index contributed by atoms with van der Waals surface area (Å²) in [4.78, 5) is 9.72. The maximum atomic E-state index is 5.01. The zero-order chi connectivity index (χ0) is 33.5. The third-order valence-electron chi connectivity index (χ3n) is 10.2. The molecule has 0 bridgehead atoms. The first kappa shape index (κ1) is 28.3. The summed E-state index contributed by atoms with van der Waals surface area (Å²) in [5, 5.41) is 7.56. The lowest BCUT2D eigenvalue weighted by Gasteiger charge is -2.09. The summed E-state index contributed by atoms with van der Waals surface area (Å²) in [7, 11) is 0. The average Bonchev–Trinajstić information content (AvgIpc) is 3.85. The zero-order valence-electron chi connectivity index (χ0n) is 27.4. The van der Waals surface area contributed by atoms with Gasteiger partial charge in [0, 0.05) is 65.2 Å². The van der Waals surface area contributed by atoms with Crippen LogP contribution in [0.15, 0.2) is 170 Å². The van der Waals surface area contributed by atoms with E-state index in [9.17, 15) is 0 Å². The summed E-state index contributed by atoms with van der Waals surface area (Å²) in [5.41, 5.74) is 10.3. The smallest absolute Gasteiger partial charge is 0.137 e. The van der Waals surface area contributed by atoms with Crippen LogP contribution in [0.3, 0.4) is 0 Å². The second kappa shape index (κ2) is 11.0. The first-order valence-corrected chi connectivity index (χ1v) is 18.0. The number of hydrogen-bond acceptors (Lipinski definition) is 3. The van der Waals surface area contributed by atoms with Crippen LogP contribution < -0.4 is 0 Å². The Morgan fingerprint density at radius 3 is 1.88 bits per heavy atom. The van der Waals surface area contributed by atoms with Gasteiger partial charge in [-0.1, -0.05) is 103 Å². The van der Waals surface area contributed by atoms with Crippen molar-refractivity contribution in [1.82, 2.24) is 19.1 Å². The molecule has 0 unspecified atom stereocenters. The Balaban J connectivity index is 1.15. The van der Waals surface area contributed by atoms with Crippen molar-refractivity contribution in [3.8, 4) is 33.8 Å². The standard InChI is InChI=1S/C46H28N4S/c1-3-11-29(12-4-1)31-19-22-44(48-27-31)50-39-17-9-7-15-34(39)37-24-38-35-20-21-41-45(46(35)51-43(38)25-42(37)50)36-16-8-10-18-40(36)49(41)33-23-32(26-47-28-33)30-13-5-2-6-14-30/h1-28H. The van der Waals surface area contributed by atoms with Gasteiger partial charge in [-0.25, -0.2) is 4.98 Å². The Bertz CT molecular complexity index is 3120. The number of fused-ring (bicyclic) bond motifs is 10. The van der Waals surface area contributed by atoms with Crippen molar-refractivity contribution in [3.63, 3.8) is 0 Å². The van der Waals surface area contributed by atoms with Crippen molar-refractivity contribution in [3.05, 3.63) is 170 Å². The minimum absolute atomic E-state index is 0.915. The molecule has 6 aromatic carbocycles. The lowest BCUT2D eigenvalue weighted by atomic mass is 10.1. The lowest BCUT2D eigenvalue weighted by molar-refractivity contribution is 1.08. The van der Waals surface area contributed by atoms with Crippen LogP contribution in [-0.4, -0.2) is 19.1 Å². The highest BCUT2D eigenvalue weighted by Crippen LogP contribution is 2.45. The Morgan fingerprint density at radius 2 is 1.12 bits per heavy atom. The van der Waals surface area contributed by atoms with Gasteiger partial charge in [0.1, 0.15) is 5.82 Å². The van der Waals surface area contributed by atoms with Crippen LogP contribution in [-0.2, 0) is 0 Å². The number of pyridine rings is 2. The van der Waals surface area contributed by atoms with Crippen molar-refractivity contribution in [2.45, 2.75) is 0 Å². The van der Waals surface area contributed by atoms with Gasteiger partial charge < -0.3 is 4.57 Å². The molecule has 0 saturated heterocycles. The molecule has 0 N–H and O–H groups in total. The average molecular weight is 669 g/mol. The minimum atomic E-state index is 0.915. The van der Waals surface area contributed by atoms with Crippen molar-refractivity contribution in [2.24, 2.45) is 0 Å². The van der Waals surface area contributed by atoms with E-state index in [1.165, 1.54) is 58.3 Å². The molecule has 0 amide bonds. The highest BCUT2D eigenvalue weighted by atomic mass is 32.1. The first-order chi connectivity index (χ1) is 25.3. The number of hydrogen-bond donors (Lipinski definition) is 0. The molecule has 11 aromatic rings. The van der Waals surface area contributed by atoms with Gasteiger partial charge in [0.2, 0.25) is 0 Å². The Labute approximate surface area is 297 Å². The van der Waals surface area contributed by atoms with Gasteiger partial charge in [-0.15, -0.1) is 11.3 Å². The molecule has 0 fully saturated rings. The first-order valence-electron chi connectivity index (χ1n) is 17.1. The number of nitrogens with zero attached hydrogens (tertiary/aromatic N) is 4. The fourth-order valence-electron chi connectivity index (χ4n) is 7.93. The predicted octanol–water partition coefficient (Wildman–Crippen LogP) is 12.4. The number of benzene rings is 6. The van der Waals surface area contributed by atoms with Gasteiger partial charge in [0.05, 0.1) is 34.0 Å². The quantitative estimate of drug-likeness (QED) is 0.187. The molecule has 51 heavy (non-hydrogen) atoms. The summed E-state index contributed by atoms with van der Waals surface area (Å²) in [6.45, 7) is 0. The fourth-order valence-corrected chi connectivity index (χ4v) is 9.20. The molecule has 5 heterocycles. The van der Waals surface area contributed by atoms with Gasteiger partial charge in [-0.3, -0.25) is 9.55 Å². The van der Waals surface area contributed by atoms with E-state index in [1.54, 1.807) is 0 Å². The summed E-state index contributed by atoms with van der Waals surface area (Å²) >= 11 is 1.88. The molecule has 0 atom stereocenters. The van der Waals surface area contributed by atoms with Gasteiger partial charge in [-0.05, 0) is 59.7 Å². The predicted molar refractivity (Wildman–Crippen MR) is 214 cm³/mol. The number of aromatic nitrogens is 4. The number of thiophene rings is 1. The van der Waals surface area contributed by atoms with Crippen LogP contribution in [0.2, 0.25) is 0 Å². The highest BCUT2D eigenvalue weighted by molar-refractivity contribution is 7.26. The molecular formula is C46H28N4S. The van der Waals surface area contributed by atoms with Crippen molar-refractivity contribution in [2.75, 3.05) is 0 Å². The number of rotatable bonds is 4. The van der Waals surface area contributed by atoms with E-state index >= 15 is 0 Å². The molecular weight excluding hydrogens is 641 g/mol. The number of para-hydroxylation sites is 2. The van der Waals surface area contributed by atoms with E-state index in [4.69, 9.17) is 9.97 Å². The summed E-state index contributed by atoms with van der Waals surface area (Å²) < 4.78 is 7.26. The molecule has 5 aromatic heterocycles. The van der Waals surface area contributed by atoms with Gasteiger partial charge in [0.15, 0.2) is 0 Å². The third kappa shape index (κ3) is 4.25. The van der Waals surface area contributed by atoms with Crippen molar-refractivity contribution >= 4 is 75.1 Å². The Morgan fingerprint density at radius 1 is 0.412 bits per heavy atom. The lowest BCUT2D eigenvalue weighted by Crippen LogP contribution is -1.97. The van der Waals surface area contributed by atoms with E-state index < -0.39 is 0 Å². The highest BCUT2D eigenvalue weighted by Gasteiger charge is 2.20. The molecule has 0 radical (unpaired) electrons. The second-order valence-electron chi connectivity index (χ2n) is 13.1. The van der Waals surface area contributed by atoms with Crippen LogP contribution in [0.25, 0.3) is 97.5 Å². The normalized spacial score (nSPS) is 11.9. The molecule has 11 rings (SSSR count). The fraction of sp³-hybridized carbons (Fsp3) is 0.